The van der Waals surface area contributed by atoms with Crippen molar-refractivity contribution in [3.8, 4) is 0 Å². The number of nitrogens with zero attached hydrogens (tertiary/aromatic N) is 2. The van der Waals surface area contributed by atoms with E-state index < -0.39 is 12.1 Å². The molecule has 2 amide bonds. The van der Waals surface area contributed by atoms with Crippen molar-refractivity contribution in [1.29, 1.82) is 0 Å². The third kappa shape index (κ3) is 2.96. The van der Waals surface area contributed by atoms with E-state index in [0.29, 0.717) is 23.6 Å². The molecule has 0 saturated carbocycles. The van der Waals surface area contributed by atoms with Crippen LogP contribution in [0, 0.1) is 5.82 Å². The maximum absolute atomic E-state index is 13.4. The van der Waals surface area contributed by atoms with Crippen LogP contribution in [0.1, 0.15) is 19.3 Å². The van der Waals surface area contributed by atoms with Crippen molar-refractivity contribution in [2.75, 3.05) is 11.9 Å². The molecular weight excluding hydrogens is 357 g/mol. The molecule has 8 heteroatoms. The Balaban J connectivity index is 1.63. The zero-order valence-electron chi connectivity index (χ0n) is 13.7. The second-order valence-electron chi connectivity index (χ2n) is 6.28. The minimum atomic E-state index is -1.08. The topological polar surface area (TPSA) is 82.5 Å². The number of hydrogen-bond donors (Lipinski definition) is 2. The zero-order chi connectivity index (χ0) is 18.3. The second kappa shape index (κ2) is 6.53. The van der Waals surface area contributed by atoms with E-state index in [1.807, 2.05) is 0 Å². The van der Waals surface area contributed by atoms with Crippen molar-refractivity contribution in [2.24, 2.45) is 0 Å². The van der Waals surface area contributed by atoms with Crippen LogP contribution in [-0.2, 0) is 4.79 Å². The summed E-state index contributed by atoms with van der Waals surface area (Å²) in [7, 11) is 0. The van der Waals surface area contributed by atoms with Crippen LogP contribution in [0.5, 0.6) is 0 Å². The van der Waals surface area contributed by atoms with Gasteiger partial charge in [0.05, 0.1) is 10.2 Å². The Kier molecular flexibility index (Phi) is 4.20. The van der Waals surface area contributed by atoms with Gasteiger partial charge < -0.3 is 10.4 Å². The fourth-order valence-corrected chi connectivity index (χ4v) is 4.36. The number of carboxylic acid groups (broad SMARTS) is 1. The summed E-state index contributed by atoms with van der Waals surface area (Å²) in [6.45, 7) is 0.365. The molecule has 6 nitrogen and oxygen atoms in total. The number of amides is 2. The third-order valence-electron chi connectivity index (χ3n) is 4.61. The summed E-state index contributed by atoms with van der Waals surface area (Å²) < 4.78 is 14.3. The zero-order valence-corrected chi connectivity index (χ0v) is 14.6. The molecule has 134 valence electrons. The molecule has 0 radical (unpaired) electrons. The molecule has 4 rings (SSSR count). The van der Waals surface area contributed by atoms with E-state index in [4.69, 9.17) is 0 Å². The molecule has 2 heterocycles. The molecule has 1 atom stereocenters. The van der Waals surface area contributed by atoms with Crippen molar-refractivity contribution < 1.29 is 19.1 Å². The number of thiazole rings is 1. The summed E-state index contributed by atoms with van der Waals surface area (Å²) in [6.07, 6.45) is 1.00. The van der Waals surface area contributed by atoms with Crippen LogP contribution in [0.2, 0.25) is 0 Å². The van der Waals surface area contributed by atoms with Crippen molar-refractivity contribution in [2.45, 2.75) is 25.3 Å². The fraction of sp³-hybridized carbons (Fsp3) is 0.278. The van der Waals surface area contributed by atoms with Gasteiger partial charge in [0.2, 0.25) is 5.91 Å². The number of nitrogens with one attached hydrogen (secondary N) is 1. The number of carbonyl (C=O) groups is 2. The van der Waals surface area contributed by atoms with Crippen LogP contribution in [0.4, 0.5) is 14.3 Å². The lowest BCUT2D eigenvalue weighted by Gasteiger charge is -2.32. The number of halogens is 1. The summed E-state index contributed by atoms with van der Waals surface area (Å²) in [4.78, 5) is 29.5. The van der Waals surface area contributed by atoms with Gasteiger partial charge in [0, 0.05) is 11.9 Å². The van der Waals surface area contributed by atoms with Gasteiger partial charge in [-0.2, -0.15) is 0 Å². The number of hydrogen-bond acceptors (Lipinski definition) is 4. The fourth-order valence-electron chi connectivity index (χ4n) is 3.36. The largest absolute Gasteiger partial charge is 0.465 e. The van der Waals surface area contributed by atoms with E-state index in [0.717, 1.165) is 28.3 Å². The first-order valence-electron chi connectivity index (χ1n) is 8.32. The molecule has 3 aromatic rings. The number of rotatable bonds is 2. The normalized spacial score (nSPS) is 17.6. The first-order chi connectivity index (χ1) is 12.5. The number of carbonyl (C=O) groups excluding carboxylic acids is 1. The molecule has 0 bridgehead atoms. The number of aromatic nitrogens is 1. The smallest absolute Gasteiger partial charge is 0.407 e. The highest BCUT2D eigenvalue weighted by atomic mass is 32.1. The lowest BCUT2D eigenvalue weighted by molar-refractivity contribution is -0.121. The average Bonchev–Trinajstić information content (AvgIpc) is 3.04. The molecule has 1 saturated heterocycles. The van der Waals surface area contributed by atoms with Gasteiger partial charge in [-0.05, 0) is 48.9 Å². The number of benzene rings is 2. The number of fused-ring (bicyclic) bond motifs is 3. The van der Waals surface area contributed by atoms with Gasteiger partial charge in [-0.3, -0.25) is 9.69 Å². The molecule has 2 N–H and O–H groups in total. The Bertz CT molecular complexity index is 1020. The standard InChI is InChI=1S/C18H16FN3O3S/c19-11-5-6-12-10(9-11)4-7-13-15(12)26-17(20-13)21-16(23)14-3-1-2-8-22(14)18(24)25/h4-7,9,14H,1-3,8H2,(H,24,25)(H,20,21,23)/t14-/m0/s1. The minimum absolute atomic E-state index is 0.305. The summed E-state index contributed by atoms with van der Waals surface area (Å²) in [5.41, 5.74) is 0.711. The van der Waals surface area contributed by atoms with Crippen molar-refractivity contribution in [1.82, 2.24) is 9.88 Å². The molecule has 1 aliphatic heterocycles. The van der Waals surface area contributed by atoms with Crippen molar-refractivity contribution in [3.05, 3.63) is 36.1 Å². The molecule has 1 fully saturated rings. The first-order valence-corrected chi connectivity index (χ1v) is 9.14. The average molecular weight is 373 g/mol. The Morgan fingerprint density at radius 1 is 1.27 bits per heavy atom. The number of likely N-dealkylation sites (tertiary alicyclic amines) is 1. The van der Waals surface area contributed by atoms with E-state index >= 15 is 0 Å². The molecule has 0 spiro atoms. The van der Waals surface area contributed by atoms with Gasteiger partial charge >= 0.3 is 6.09 Å². The molecule has 1 aromatic heterocycles. The van der Waals surface area contributed by atoms with E-state index in [1.54, 1.807) is 18.2 Å². The molecule has 26 heavy (non-hydrogen) atoms. The Morgan fingerprint density at radius 2 is 2.12 bits per heavy atom. The van der Waals surface area contributed by atoms with Gasteiger partial charge in [-0.15, -0.1) is 0 Å². The highest BCUT2D eigenvalue weighted by Gasteiger charge is 2.32. The van der Waals surface area contributed by atoms with E-state index in [1.165, 1.54) is 28.4 Å². The predicted octanol–water partition coefficient (Wildman–Crippen LogP) is 4.06. The second-order valence-corrected chi connectivity index (χ2v) is 7.27. The summed E-state index contributed by atoms with van der Waals surface area (Å²) in [6, 6.07) is 7.43. The van der Waals surface area contributed by atoms with Crippen LogP contribution >= 0.6 is 11.3 Å². The van der Waals surface area contributed by atoms with Gasteiger partial charge in [-0.1, -0.05) is 17.4 Å². The maximum atomic E-state index is 13.4. The minimum Gasteiger partial charge on any atom is -0.465 e. The van der Waals surface area contributed by atoms with Gasteiger partial charge in [-0.25, -0.2) is 14.2 Å². The highest BCUT2D eigenvalue weighted by molar-refractivity contribution is 7.23. The van der Waals surface area contributed by atoms with Crippen LogP contribution in [-0.4, -0.2) is 39.6 Å². The van der Waals surface area contributed by atoms with E-state index in [9.17, 15) is 19.1 Å². The van der Waals surface area contributed by atoms with Crippen LogP contribution < -0.4 is 5.32 Å². The van der Waals surface area contributed by atoms with Gasteiger partial charge in [0.15, 0.2) is 5.13 Å². The Labute approximate surface area is 152 Å². The summed E-state index contributed by atoms with van der Waals surface area (Å²) >= 11 is 1.30. The summed E-state index contributed by atoms with van der Waals surface area (Å²) in [5.74, 6) is -0.664. The quantitative estimate of drug-likeness (QED) is 0.710. The highest BCUT2D eigenvalue weighted by Crippen LogP contribution is 2.33. The number of piperidine rings is 1. The molecule has 1 aliphatic rings. The lowest BCUT2D eigenvalue weighted by Crippen LogP contribution is -2.49. The Hall–Kier alpha value is -2.74. The van der Waals surface area contributed by atoms with Crippen LogP contribution in [0.3, 0.4) is 0 Å². The van der Waals surface area contributed by atoms with Crippen LogP contribution in [0.15, 0.2) is 30.3 Å². The molecule has 0 unspecified atom stereocenters. The van der Waals surface area contributed by atoms with E-state index in [2.05, 4.69) is 10.3 Å². The van der Waals surface area contributed by atoms with Crippen molar-refractivity contribution in [3.63, 3.8) is 0 Å². The maximum Gasteiger partial charge on any atom is 0.407 e. The summed E-state index contributed by atoms with van der Waals surface area (Å²) in [5, 5.41) is 14.1. The van der Waals surface area contributed by atoms with Crippen molar-refractivity contribution >= 4 is 49.5 Å². The van der Waals surface area contributed by atoms with Gasteiger partial charge in [0.25, 0.3) is 0 Å². The van der Waals surface area contributed by atoms with Crippen LogP contribution in [0.25, 0.3) is 21.0 Å². The first kappa shape index (κ1) is 16.7. The molecular formula is C18H16FN3O3S. The molecule has 2 aromatic carbocycles. The lowest BCUT2D eigenvalue weighted by atomic mass is 10.0. The third-order valence-corrected chi connectivity index (χ3v) is 5.63. The Morgan fingerprint density at radius 3 is 2.92 bits per heavy atom. The predicted molar refractivity (Wildman–Crippen MR) is 98.1 cm³/mol. The van der Waals surface area contributed by atoms with Gasteiger partial charge in [0.1, 0.15) is 11.9 Å². The van der Waals surface area contributed by atoms with E-state index in [-0.39, 0.29) is 11.7 Å². The SMILES string of the molecule is O=C(Nc1nc2ccc3cc(F)ccc3c2s1)[C@@H]1CCCCN1C(=O)O. The molecule has 0 aliphatic carbocycles. The number of anilines is 1. The monoisotopic (exact) mass is 373 g/mol.